The van der Waals surface area contributed by atoms with Crippen molar-refractivity contribution in [2.24, 2.45) is 23.7 Å². The van der Waals surface area contributed by atoms with Crippen LogP contribution < -0.4 is 10.1 Å². The first-order chi connectivity index (χ1) is 12.4. The molecule has 1 aliphatic carbocycles. The number of benzene rings is 1. The summed E-state index contributed by atoms with van der Waals surface area (Å²) in [5, 5.41) is 12.1. The minimum Gasteiger partial charge on any atom is -0.497 e. The standard InChI is InChI=1S/C22H30N2O2/c1-15(2)21-12-19(16(3)11-18(21)9-10-23)13-22(25)24-14-17-5-7-20(26-4)8-6-17/h5-8,11,15,18-19,21H,9,12-14H2,1-4H3,(H,24,25). The van der Waals surface area contributed by atoms with E-state index in [4.69, 9.17) is 10.00 Å². The van der Waals surface area contributed by atoms with Crippen molar-refractivity contribution in [1.29, 1.82) is 5.26 Å². The van der Waals surface area contributed by atoms with Gasteiger partial charge >= 0.3 is 0 Å². The normalized spacial score (nSPS) is 22.5. The number of allylic oxidation sites excluding steroid dienone is 2. The van der Waals surface area contributed by atoms with Gasteiger partial charge in [0.25, 0.3) is 0 Å². The summed E-state index contributed by atoms with van der Waals surface area (Å²) in [6.45, 7) is 7.06. The fourth-order valence-electron chi connectivity index (χ4n) is 3.85. The van der Waals surface area contributed by atoms with E-state index in [0.29, 0.717) is 37.1 Å². The van der Waals surface area contributed by atoms with Crippen molar-refractivity contribution in [3.05, 3.63) is 41.5 Å². The third kappa shape index (κ3) is 5.36. The first kappa shape index (κ1) is 20.0. The molecule has 1 aromatic carbocycles. The Morgan fingerprint density at radius 1 is 1.35 bits per heavy atom. The van der Waals surface area contributed by atoms with Crippen molar-refractivity contribution >= 4 is 5.91 Å². The fraction of sp³-hybridized carbons (Fsp3) is 0.545. The van der Waals surface area contributed by atoms with Crippen molar-refractivity contribution < 1.29 is 9.53 Å². The van der Waals surface area contributed by atoms with Gasteiger partial charge in [-0.15, -0.1) is 0 Å². The molecule has 3 unspecified atom stereocenters. The number of carbonyl (C=O) groups excluding carboxylic acids is 1. The van der Waals surface area contributed by atoms with E-state index in [1.807, 2.05) is 24.3 Å². The van der Waals surface area contributed by atoms with Gasteiger partial charge in [-0.05, 0) is 54.7 Å². The summed E-state index contributed by atoms with van der Waals surface area (Å²) in [5.41, 5.74) is 2.31. The maximum atomic E-state index is 12.4. The van der Waals surface area contributed by atoms with Crippen LogP contribution in [0.15, 0.2) is 35.9 Å². The number of rotatable bonds is 7. The molecule has 0 saturated heterocycles. The Morgan fingerprint density at radius 2 is 2.04 bits per heavy atom. The average Bonchev–Trinajstić information content (AvgIpc) is 2.62. The summed E-state index contributed by atoms with van der Waals surface area (Å²) < 4.78 is 5.15. The van der Waals surface area contributed by atoms with Crippen molar-refractivity contribution in [1.82, 2.24) is 5.32 Å². The highest BCUT2D eigenvalue weighted by atomic mass is 16.5. The Morgan fingerprint density at radius 3 is 2.62 bits per heavy atom. The van der Waals surface area contributed by atoms with Gasteiger partial charge in [0, 0.05) is 19.4 Å². The number of amides is 1. The Hall–Kier alpha value is -2.28. The summed E-state index contributed by atoms with van der Waals surface area (Å²) in [5.74, 6) is 2.47. The van der Waals surface area contributed by atoms with Gasteiger partial charge in [0.1, 0.15) is 5.75 Å². The highest BCUT2D eigenvalue weighted by Gasteiger charge is 2.32. The molecule has 0 heterocycles. The lowest BCUT2D eigenvalue weighted by molar-refractivity contribution is -0.122. The molecule has 0 aliphatic heterocycles. The van der Waals surface area contributed by atoms with Crippen LogP contribution in [0.1, 0.15) is 45.6 Å². The molecule has 0 radical (unpaired) electrons. The monoisotopic (exact) mass is 354 g/mol. The van der Waals surface area contributed by atoms with E-state index in [-0.39, 0.29) is 11.8 Å². The number of ether oxygens (including phenoxy) is 1. The number of carbonyl (C=O) groups is 1. The molecule has 0 aromatic heterocycles. The smallest absolute Gasteiger partial charge is 0.220 e. The van der Waals surface area contributed by atoms with Crippen LogP contribution in [0.2, 0.25) is 0 Å². The molecule has 140 valence electrons. The molecule has 26 heavy (non-hydrogen) atoms. The molecule has 0 bridgehead atoms. The van der Waals surface area contributed by atoms with Crippen LogP contribution in [-0.4, -0.2) is 13.0 Å². The zero-order chi connectivity index (χ0) is 19.1. The van der Waals surface area contributed by atoms with E-state index >= 15 is 0 Å². The molecule has 3 atom stereocenters. The number of nitrogens with one attached hydrogen (secondary N) is 1. The van der Waals surface area contributed by atoms with Gasteiger partial charge in [0.15, 0.2) is 0 Å². The van der Waals surface area contributed by atoms with Gasteiger partial charge in [-0.2, -0.15) is 5.26 Å². The molecule has 1 aromatic rings. The quantitative estimate of drug-likeness (QED) is 0.735. The number of nitrogens with zero attached hydrogens (tertiary/aromatic N) is 1. The number of nitriles is 1. The SMILES string of the molecule is COc1ccc(CNC(=O)CC2CC(C(C)C)C(CC#N)C=C2C)cc1. The summed E-state index contributed by atoms with van der Waals surface area (Å²) in [6, 6.07) is 10.0. The topological polar surface area (TPSA) is 62.1 Å². The molecule has 1 aliphatic rings. The van der Waals surface area contributed by atoms with Crippen molar-refractivity contribution in [3.63, 3.8) is 0 Å². The molecular weight excluding hydrogens is 324 g/mol. The second-order valence-electron chi connectivity index (χ2n) is 7.61. The molecule has 0 fully saturated rings. The second kappa shape index (κ2) is 9.43. The predicted molar refractivity (Wildman–Crippen MR) is 103 cm³/mol. The van der Waals surface area contributed by atoms with E-state index < -0.39 is 0 Å². The van der Waals surface area contributed by atoms with Gasteiger partial charge in [0.05, 0.1) is 13.2 Å². The van der Waals surface area contributed by atoms with Gasteiger partial charge < -0.3 is 10.1 Å². The van der Waals surface area contributed by atoms with Crippen LogP contribution in [0.4, 0.5) is 0 Å². The van der Waals surface area contributed by atoms with Crippen LogP contribution in [-0.2, 0) is 11.3 Å². The maximum absolute atomic E-state index is 12.4. The van der Waals surface area contributed by atoms with Gasteiger partial charge in [-0.1, -0.05) is 37.6 Å². The fourth-order valence-corrected chi connectivity index (χ4v) is 3.85. The Kier molecular flexibility index (Phi) is 7.26. The minimum atomic E-state index is 0.0832. The Bertz CT molecular complexity index is 670. The van der Waals surface area contributed by atoms with Gasteiger partial charge in [-0.25, -0.2) is 0 Å². The summed E-state index contributed by atoms with van der Waals surface area (Å²) in [7, 11) is 1.64. The first-order valence-electron chi connectivity index (χ1n) is 9.39. The van der Waals surface area contributed by atoms with E-state index in [9.17, 15) is 4.79 Å². The van der Waals surface area contributed by atoms with Crippen LogP contribution in [0.5, 0.6) is 5.75 Å². The largest absolute Gasteiger partial charge is 0.497 e. The number of methoxy groups -OCH3 is 1. The summed E-state index contributed by atoms with van der Waals surface area (Å²) >= 11 is 0. The van der Waals surface area contributed by atoms with Crippen LogP contribution in [0, 0.1) is 35.0 Å². The highest BCUT2D eigenvalue weighted by Crippen LogP contribution is 2.40. The van der Waals surface area contributed by atoms with Crippen LogP contribution in [0.25, 0.3) is 0 Å². The van der Waals surface area contributed by atoms with Crippen molar-refractivity contribution in [2.75, 3.05) is 7.11 Å². The molecule has 4 heteroatoms. The van der Waals surface area contributed by atoms with E-state index in [1.54, 1.807) is 7.11 Å². The number of hydrogen-bond acceptors (Lipinski definition) is 3. The predicted octanol–water partition coefficient (Wildman–Crippen LogP) is 4.47. The van der Waals surface area contributed by atoms with Crippen LogP contribution in [0.3, 0.4) is 0 Å². The van der Waals surface area contributed by atoms with Gasteiger partial charge in [0.2, 0.25) is 5.91 Å². The molecule has 0 saturated carbocycles. The second-order valence-corrected chi connectivity index (χ2v) is 7.61. The summed E-state index contributed by atoms with van der Waals surface area (Å²) in [4.78, 5) is 12.4. The maximum Gasteiger partial charge on any atom is 0.220 e. The zero-order valence-electron chi connectivity index (χ0n) is 16.3. The molecule has 2 rings (SSSR count). The molecular formula is C22H30N2O2. The van der Waals surface area contributed by atoms with E-state index in [1.165, 1.54) is 5.57 Å². The molecule has 1 N–H and O–H groups in total. The van der Waals surface area contributed by atoms with E-state index in [0.717, 1.165) is 17.7 Å². The van der Waals surface area contributed by atoms with Gasteiger partial charge in [-0.3, -0.25) is 4.79 Å². The third-order valence-corrected chi connectivity index (χ3v) is 5.49. The Balaban J connectivity index is 1.92. The number of hydrogen-bond donors (Lipinski definition) is 1. The lowest BCUT2D eigenvalue weighted by atomic mass is 9.69. The lowest BCUT2D eigenvalue weighted by Crippen LogP contribution is -2.31. The van der Waals surface area contributed by atoms with Crippen molar-refractivity contribution in [2.45, 2.75) is 46.6 Å². The average molecular weight is 354 g/mol. The lowest BCUT2D eigenvalue weighted by Gasteiger charge is -2.36. The molecule has 0 spiro atoms. The molecule has 1 amide bonds. The minimum absolute atomic E-state index is 0.0832. The third-order valence-electron chi connectivity index (χ3n) is 5.49. The zero-order valence-corrected chi connectivity index (χ0v) is 16.3. The Labute approximate surface area is 157 Å². The first-order valence-corrected chi connectivity index (χ1v) is 9.39. The summed E-state index contributed by atoms with van der Waals surface area (Å²) in [6.07, 6.45) is 4.30. The van der Waals surface area contributed by atoms with Crippen LogP contribution >= 0.6 is 0 Å². The highest BCUT2D eigenvalue weighted by molar-refractivity contribution is 5.76. The van der Waals surface area contributed by atoms with Crippen molar-refractivity contribution in [3.8, 4) is 11.8 Å². The molecule has 4 nitrogen and oxygen atoms in total. The van der Waals surface area contributed by atoms with E-state index in [2.05, 4.69) is 38.2 Å².